The zero-order valence-electron chi connectivity index (χ0n) is 10.8. The van der Waals surface area contributed by atoms with Crippen molar-refractivity contribution < 1.29 is 0 Å². The quantitative estimate of drug-likeness (QED) is 0.618. The average molecular weight is 253 g/mol. The molecule has 3 heteroatoms. The highest BCUT2D eigenvalue weighted by molar-refractivity contribution is 6.31. The average Bonchev–Trinajstić information content (AvgIpc) is 2.27. The maximum atomic E-state index is 6.07. The van der Waals surface area contributed by atoms with Gasteiger partial charge in [-0.1, -0.05) is 37.1 Å². The standard InChI is InChI=1S/C14H21ClN2/c1-11(2)17-7-4-5-12(3)9-13-6-8-16-10-14(13)15/h5-6,8,10-11,17H,4,7,9H2,1-3H3. The number of allylic oxidation sites excluding steroid dienone is 1. The molecule has 94 valence electrons. The lowest BCUT2D eigenvalue weighted by molar-refractivity contribution is 0.594. The van der Waals surface area contributed by atoms with Crippen molar-refractivity contribution in [3.05, 3.63) is 40.7 Å². The second kappa shape index (κ2) is 7.46. The Bertz CT molecular complexity index is 372. The van der Waals surface area contributed by atoms with Crippen LogP contribution in [0.2, 0.25) is 5.02 Å². The van der Waals surface area contributed by atoms with E-state index >= 15 is 0 Å². The Morgan fingerprint density at radius 2 is 2.29 bits per heavy atom. The van der Waals surface area contributed by atoms with E-state index in [1.54, 1.807) is 12.4 Å². The van der Waals surface area contributed by atoms with E-state index in [1.807, 2.05) is 6.07 Å². The van der Waals surface area contributed by atoms with Crippen LogP contribution in [0.4, 0.5) is 0 Å². The number of halogens is 1. The molecule has 0 aromatic carbocycles. The number of hydrogen-bond donors (Lipinski definition) is 1. The van der Waals surface area contributed by atoms with Gasteiger partial charge in [0.1, 0.15) is 0 Å². The van der Waals surface area contributed by atoms with Crippen LogP contribution in [0.5, 0.6) is 0 Å². The highest BCUT2D eigenvalue weighted by Crippen LogP contribution is 2.17. The molecule has 1 aromatic heterocycles. The zero-order valence-corrected chi connectivity index (χ0v) is 11.6. The van der Waals surface area contributed by atoms with Gasteiger partial charge in [0.15, 0.2) is 0 Å². The van der Waals surface area contributed by atoms with Crippen LogP contribution < -0.4 is 5.32 Å². The summed E-state index contributed by atoms with van der Waals surface area (Å²) in [6.07, 6.45) is 7.72. The molecule has 1 heterocycles. The van der Waals surface area contributed by atoms with E-state index in [4.69, 9.17) is 11.6 Å². The predicted octanol–water partition coefficient (Wildman–Crippen LogP) is 3.61. The van der Waals surface area contributed by atoms with Gasteiger partial charge < -0.3 is 5.32 Å². The fourth-order valence-electron chi connectivity index (χ4n) is 1.61. The number of hydrogen-bond acceptors (Lipinski definition) is 2. The molecule has 0 saturated heterocycles. The van der Waals surface area contributed by atoms with Crippen molar-refractivity contribution in [3.8, 4) is 0 Å². The van der Waals surface area contributed by atoms with Crippen LogP contribution in [0.25, 0.3) is 0 Å². The second-order valence-electron chi connectivity index (χ2n) is 4.59. The van der Waals surface area contributed by atoms with Crippen molar-refractivity contribution in [3.63, 3.8) is 0 Å². The summed E-state index contributed by atoms with van der Waals surface area (Å²) in [5.74, 6) is 0. The highest BCUT2D eigenvalue weighted by Gasteiger charge is 2.00. The summed E-state index contributed by atoms with van der Waals surface area (Å²) in [6, 6.07) is 2.53. The van der Waals surface area contributed by atoms with Gasteiger partial charge in [-0.05, 0) is 37.9 Å². The van der Waals surface area contributed by atoms with Gasteiger partial charge in [-0.15, -0.1) is 0 Å². The number of nitrogens with one attached hydrogen (secondary N) is 1. The third kappa shape index (κ3) is 5.85. The summed E-state index contributed by atoms with van der Waals surface area (Å²) in [6.45, 7) is 7.49. The molecule has 2 nitrogen and oxygen atoms in total. The second-order valence-corrected chi connectivity index (χ2v) is 5.00. The largest absolute Gasteiger partial charge is 0.314 e. The maximum Gasteiger partial charge on any atom is 0.0624 e. The smallest absolute Gasteiger partial charge is 0.0624 e. The summed E-state index contributed by atoms with van der Waals surface area (Å²) >= 11 is 6.07. The van der Waals surface area contributed by atoms with Crippen LogP contribution in [0, 0.1) is 0 Å². The molecular formula is C14H21ClN2. The Morgan fingerprint density at radius 3 is 2.94 bits per heavy atom. The first-order valence-corrected chi connectivity index (χ1v) is 6.44. The normalized spacial score (nSPS) is 12.2. The van der Waals surface area contributed by atoms with E-state index in [0.29, 0.717) is 6.04 Å². The molecule has 0 aliphatic carbocycles. The Labute approximate surface area is 109 Å². The molecule has 0 unspecified atom stereocenters. The minimum atomic E-state index is 0.554. The molecule has 0 spiro atoms. The highest BCUT2D eigenvalue weighted by atomic mass is 35.5. The minimum absolute atomic E-state index is 0.554. The molecule has 0 saturated carbocycles. The fourth-order valence-corrected chi connectivity index (χ4v) is 1.80. The number of rotatable bonds is 6. The summed E-state index contributed by atoms with van der Waals surface area (Å²) in [5.41, 5.74) is 2.50. The first-order chi connectivity index (χ1) is 8.09. The van der Waals surface area contributed by atoms with E-state index in [1.165, 1.54) is 5.57 Å². The lowest BCUT2D eigenvalue weighted by atomic mass is 10.1. The number of pyridine rings is 1. The Hall–Kier alpha value is -0.860. The van der Waals surface area contributed by atoms with Gasteiger partial charge >= 0.3 is 0 Å². The first kappa shape index (κ1) is 14.2. The molecule has 0 bridgehead atoms. The van der Waals surface area contributed by atoms with Crippen LogP contribution in [-0.2, 0) is 6.42 Å². The van der Waals surface area contributed by atoms with Crippen molar-refractivity contribution in [2.24, 2.45) is 0 Å². The summed E-state index contributed by atoms with van der Waals surface area (Å²) in [5, 5.41) is 4.15. The lowest BCUT2D eigenvalue weighted by Gasteiger charge is -2.07. The molecule has 1 rings (SSSR count). The number of aromatic nitrogens is 1. The number of nitrogens with zero attached hydrogens (tertiary/aromatic N) is 1. The van der Waals surface area contributed by atoms with Crippen molar-refractivity contribution in [1.82, 2.24) is 10.3 Å². The molecular weight excluding hydrogens is 232 g/mol. The monoisotopic (exact) mass is 252 g/mol. The van der Waals surface area contributed by atoms with E-state index in [2.05, 4.69) is 37.1 Å². The molecule has 0 atom stereocenters. The maximum absolute atomic E-state index is 6.07. The molecule has 17 heavy (non-hydrogen) atoms. The van der Waals surface area contributed by atoms with Crippen molar-refractivity contribution in [1.29, 1.82) is 0 Å². The molecule has 1 N–H and O–H groups in total. The minimum Gasteiger partial charge on any atom is -0.314 e. The van der Waals surface area contributed by atoms with Crippen LogP contribution in [0.1, 0.15) is 32.8 Å². The predicted molar refractivity (Wildman–Crippen MR) is 74.5 cm³/mol. The van der Waals surface area contributed by atoms with Crippen LogP contribution in [-0.4, -0.2) is 17.6 Å². The van der Waals surface area contributed by atoms with Gasteiger partial charge in [-0.3, -0.25) is 4.98 Å². The van der Waals surface area contributed by atoms with Crippen LogP contribution in [0.3, 0.4) is 0 Å². The van der Waals surface area contributed by atoms with Crippen LogP contribution in [0.15, 0.2) is 30.1 Å². The Kier molecular flexibility index (Phi) is 6.23. The van der Waals surface area contributed by atoms with E-state index < -0.39 is 0 Å². The van der Waals surface area contributed by atoms with E-state index in [0.717, 1.165) is 30.0 Å². The molecule has 0 radical (unpaired) electrons. The SMILES string of the molecule is CC(=CCCNC(C)C)Cc1ccncc1Cl. The summed E-state index contributed by atoms with van der Waals surface area (Å²) < 4.78 is 0. The van der Waals surface area contributed by atoms with Crippen molar-refractivity contribution >= 4 is 11.6 Å². The third-order valence-corrected chi connectivity index (χ3v) is 2.86. The van der Waals surface area contributed by atoms with Gasteiger partial charge in [0.05, 0.1) is 5.02 Å². The lowest BCUT2D eigenvalue weighted by Crippen LogP contribution is -2.23. The fraction of sp³-hybridized carbons (Fsp3) is 0.500. The first-order valence-electron chi connectivity index (χ1n) is 6.07. The van der Waals surface area contributed by atoms with Gasteiger partial charge in [0, 0.05) is 18.4 Å². The molecule has 1 aromatic rings. The topological polar surface area (TPSA) is 24.9 Å². The van der Waals surface area contributed by atoms with Gasteiger partial charge in [0.25, 0.3) is 0 Å². The molecule has 0 fully saturated rings. The summed E-state index contributed by atoms with van der Waals surface area (Å²) in [7, 11) is 0. The van der Waals surface area contributed by atoms with Gasteiger partial charge in [0.2, 0.25) is 0 Å². The zero-order chi connectivity index (χ0) is 12.7. The van der Waals surface area contributed by atoms with Crippen molar-refractivity contribution in [2.75, 3.05) is 6.54 Å². The third-order valence-electron chi connectivity index (χ3n) is 2.52. The van der Waals surface area contributed by atoms with Gasteiger partial charge in [-0.25, -0.2) is 0 Å². The Balaban J connectivity index is 2.41. The molecule has 0 aliphatic rings. The van der Waals surface area contributed by atoms with E-state index in [9.17, 15) is 0 Å². The molecule has 0 aliphatic heterocycles. The Morgan fingerprint density at radius 1 is 1.53 bits per heavy atom. The van der Waals surface area contributed by atoms with E-state index in [-0.39, 0.29) is 0 Å². The molecule has 0 amide bonds. The van der Waals surface area contributed by atoms with Crippen LogP contribution >= 0.6 is 11.6 Å². The van der Waals surface area contributed by atoms with Gasteiger partial charge in [-0.2, -0.15) is 0 Å². The summed E-state index contributed by atoms with van der Waals surface area (Å²) in [4.78, 5) is 3.99. The van der Waals surface area contributed by atoms with Crippen molar-refractivity contribution in [2.45, 2.75) is 39.7 Å².